The van der Waals surface area contributed by atoms with Gasteiger partial charge in [-0.05, 0) is 18.8 Å². The lowest BCUT2D eigenvalue weighted by molar-refractivity contribution is -0.148. The van der Waals surface area contributed by atoms with Crippen LogP contribution in [0.1, 0.15) is 40.0 Å². The monoisotopic (exact) mass is 157 g/mol. The van der Waals surface area contributed by atoms with E-state index in [0.717, 1.165) is 19.3 Å². The van der Waals surface area contributed by atoms with Crippen molar-refractivity contribution in [1.29, 1.82) is 0 Å². The molecule has 0 saturated carbocycles. The number of carbonyl (C=O) groups excluding carboxylic acids is 1. The van der Waals surface area contributed by atoms with Gasteiger partial charge in [0.05, 0.1) is 5.92 Å². The Morgan fingerprint density at radius 3 is 2.18 bits per heavy atom. The molecule has 0 aromatic heterocycles. The van der Waals surface area contributed by atoms with Crippen molar-refractivity contribution >= 4 is 5.97 Å². The first-order valence-corrected chi connectivity index (χ1v) is 4.28. The Labute approximate surface area is 68.6 Å². The standard InChI is InChI=1S/C9H17O2/c1-4-5-8(9(10)11)6-7(2)3/h7-8H,4-6H2,1-3H3. The molecule has 0 rings (SSSR count). The van der Waals surface area contributed by atoms with Gasteiger partial charge < -0.3 is 0 Å². The van der Waals surface area contributed by atoms with Gasteiger partial charge in [0.2, 0.25) is 0 Å². The predicted octanol–water partition coefficient (Wildman–Crippen LogP) is 2.41. The Balaban J connectivity index is 3.79. The first kappa shape index (κ1) is 10.5. The summed E-state index contributed by atoms with van der Waals surface area (Å²) in [4.78, 5) is 10.5. The van der Waals surface area contributed by atoms with Gasteiger partial charge in [0.1, 0.15) is 0 Å². The maximum absolute atomic E-state index is 10.5. The van der Waals surface area contributed by atoms with Crippen LogP contribution in [0.5, 0.6) is 0 Å². The van der Waals surface area contributed by atoms with E-state index in [-0.39, 0.29) is 5.92 Å². The summed E-state index contributed by atoms with van der Waals surface area (Å²) in [7, 11) is 0. The van der Waals surface area contributed by atoms with Gasteiger partial charge in [0.25, 0.3) is 0 Å². The maximum Gasteiger partial charge on any atom is 0.358 e. The fourth-order valence-electron chi connectivity index (χ4n) is 1.25. The Kier molecular flexibility index (Phi) is 4.92. The van der Waals surface area contributed by atoms with Crippen molar-refractivity contribution in [3.63, 3.8) is 0 Å². The quantitative estimate of drug-likeness (QED) is 0.603. The van der Waals surface area contributed by atoms with Crippen LogP contribution in [0.15, 0.2) is 0 Å². The molecule has 1 unspecified atom stereocenters. The van der Waals surface area contributed by atoms with E-state index in [4.69, 9.17) is 0 Å². The van der Waals surface area contributed by atoms with Crippen LogP contribution in [0.2, 0.25) is 0 Å². The summed E-state index contributed by atoms with van der Waals surface area (Å²) in [6.07, 6.45) is 2.42. The molecule has 0 saturated heterocycles. The molecule has 0 aliphatic carbocycles. The summed E-state index contributed by atoms with van der Waals surface area (Å²) in [5, 5.41) is 10.5. The van der Waals surface area contributed by atoms with Crippen molar-refractivity contribution in [2.75, 3.05) is 0 Å². The predicted molar refractivity (Wildman–Crippen MR) is 43.5 cm³/mol. The SMILES string of the molecule is CCCC(CC(C)C)C([O])=O. The van der Waals surface area contributed by atoms with E-state index >= 15 is 0 Å². The summed E-state index contributed by atoms with van der Waals surface area (Å²) >= 11 is 0. The Bertz CT molecular complexity index is 119. The first-order valence-electron chi connectivity index (χ1n) is 4.28. The van der Waals surface area contributed by atoms with E-state index in [2.05, 4.69) is 0 Å². The largest absolute Gasteiger partial charge is 0.358 e. The van der Waals surface area contributed by atoms with Crippen LogP contribution in [0.3, 0.4) is 0 Å². The summed E-state index contributed by atoms with van der Waals surface area (Å²) in [5.41, 5.74) is 0. The van der Waals surface area contributed by atoms with Crippen molar-refractivity contribution in [1.82, 2.24) is 0 Å². The highest BCUT2D eigenvalue weighted by atomic mass is 16.4. The normalized spacial score (nSPS) is 13.5. The molecule has 0 spiro atoms. The Morgan fingerprint density at radius 2 is 1.91 bits per heavy atom. The maximum atomic E-state index is 10.5. The van der Waals surface area contributed by atoms with Gasteiger partial charge in [-0.3, -0.25) is 0 Å². The molecule has 0 amide bonds. The van der Waals surface area contributed by atoms with Crippen LogP contribution >= 0.6 is 0 Å². The molecule has 0 N–H and O–H groups in total. The first-order chi connectivity index (χ1) is 5.07. The van der Waals surface area contributed by atoms with Crippen molar-refractivity contribution in [3.05, 3.63) is 0 Å². The van der Waals surface area contributed by atoms with Gasteiger partial charge in [-0.1, -0.05) is 27.2 Å². The molecule has 0 aliphatic rings. The van der Waals surface area contributed by atoms with Gasteiger partial charge in [-0.2, -0.15) is 0 Å². The Morgan fingerprint density at radius 1 is 1.36 bits per heavy atom. The van der Waals surface area contributed by atoms with E-state index in [1.54, 1.807) is 0 Å². The molecule has 65 valence electrons. The van der Waals surface area contributed by atoms with Gasteiger partial charge >= 0.3 is 5.97 Å². The van der Waals surface area contributed by atoms with Crippen LogP contribution in [0, 0.1) is 11.8 Å². The molecule has 0 aromatic carbocycles. The van der Waals surface area contributed by atoms with E-state index in [0.29, 0.717) is 5.92 Å². The average Bonchev–Trinajstić information content (AvgIpc) is 1.86. The minimum Gasteiger partial charge on any atom is -0.247 e. The second kappa shape index (κ2) is 5.16. The zero-order valence-electron chi connectivity index (χ0n) is 7.59. The van der Waals surface area contributed by atoms with Crippen LogP contribution in [0.4, 0.5) is 0 Å². The van der Waals surface area contributed by atoms with Gasteiger partial charge in [-0.15, -0.1) is 0 Å². The fraction of sp³-hybridized carbons (Fsp3) is 0.889. The zero-order valence-corrected chi connectivity index (χ0v) is 7.59. The van der Waals surface area contributed by atoms with Crippen molar-refractivity contribution in [2.24, 2.45) is 11.8 Å². The minimum absolute atomic E-state index is 0.236. The van der Waals surface area contributed by atoms with Crippen LogP contribution < -0.4 is 0 Å². The summed E-state index contributed by atoms with van der Waals surface area (Å²) in [6.45, 7) is 6.06. The van der Waals surface area contributed by atoms with E-state index in [1.165, 1.54) is 0 Å². The lowest BCUT2D eigenvalue weighted by Gasteiger charge is -2.11. The van der Waals surface area contributed by atoms with Crippen molar-refractivity contribution in [3.8, 4) is 0 Å². The van der Waals surface area contributed by atoms with Crippen LogP contribution in [0.25, 0.3) is 0 Å². The number of hydrogen-bond acceptors (Lipinski definition) is 1. The van der Waals surface area contributed by atoms with E-state index < -0.39 is 5.97 Å². The summed E-state index contributed by atoms with van der Waals surface area (Å²) < 4.78 is 0. The third kappa shape index (κ3) is 4.82. The third-order valence-electron chi connectivity index (χ3n) is 1.73. The van der Waals surface area contributed by atoms with E-state index in [9.17, 15) is 9.90 Å². The Hall–Kier alpha value is -0.530. The highest BCUT2D eigenvalue weighted by Crippen LogP contribution is 2.17. The van der Waals surface area contributed by atoms with Gasteiger partial charge in [0, 0.05) is 0 Å². The van der Waals surface area contributed by atoms with Crippen LogP contribution in [-0.4, -0.2) is 5.97 Å². The van der Waals surface area contributed by atoms with E-state index in [1.807, 2.05) is 20.8 Å². The smallest absolute Gasteiger partial charge is 0.247 e. The van der Waals surface area contributed by atoms with Gasteiger partial charge in [-0.25, -0.2) is 9.90 Å². The summed E-state index contributed by atoms with van der Waals surface area (Å²) in [5.74, 6) is -0.676. The average molecular weight is 157 g/mol. The second-order valence-electron chi connectivity index (χ2n) is 3.43. The van der Waals surface area contributed by atoms with Gasteiger partial charge in [0.15, 0.2) is 0 Å². The van der Waals surface area contributed by atoms with Crippen molar-refractivity contribution in [2.45, 2.75) is 40.0 Å². The topological polar surface area (TPSA) is 37.0 Å². The highest BCUT2D eigenvalue weighted by molar-refractivity contribution is 5.69. The number of hydrogen-bond donors (Lipinski definition) is 0. The molecule has 0 bridgehead atoms. The molecule has 1 atom stereocenters. The molecule has 0 aromatic rings. The zero-order chi connectivity index (χ0) is 8.85. The molecule has 0 fully saturated rings. The highest BCUT2D eigenvalue weighted by Gasteiger charge is 2.18. The molecule has 2 heteroatoms. The number of carbonyl (C=O) groups is 1. The molecule has 0 aliphatic heterocycles. The van der Waals surface area contributed by atoms with Crippen LogP contribution in [-0.2, 0) is 9.90 Å². The molecule has 0 heterocycles. The molecule has 2 nitrogen and oxygen atoms in total. The second-order valence-corrected chi connectivity index (χ2v) is 3.43. The molecular formula is C9H17O2. The third-order valence-corrected chi connectivity index (χ3v) is 1.73. The fourth-order valence-corrected chi connectivity index (χ4v) is 1.25. The lowest BCUT2D eigenvalue weighted by Crippen LogP contribution is -2.14. The lowest BCUT2D eigenvalue weighted by atomic mass is 9.93. The molecular weight excluding hydrogens is 140 g/mol. The number of rotatable bonds is 5. The van der Waals surface area contributed by atoms with Crippen molar-refractivity contribution < 1.29 is 9.90 Å². The molecule has 11 heavy (non-hydrogen) atoms. The minimum atomic E-state index is -0.888. The molecule has 1 radical (unpaired) electrons. The summed E-state index contributed by atoms with van der Waals surface area (Å²) in [6, 6.07) is 0.